The fourth-order valence-corrected chi connectivity index (χ4v) is 5.54. The van der Waals surface area contributed by atoms with Crippen LogP contribution < -0.4 is 23.7 Å². The Balaban J connectivity index is 1.77. The van der Waals surface area contributed by atoms with Crippen molar-refractivity contribution in [3.8, 4) is 34.3 Å². The molecule has 0 bridgehead atoms. The molecule has 0 spiro atoms. The molecule has 204 valence electrons. The van der Waals surface area contributed by atoms with Gasteiger partial charge in [0.25, 0.3) is 0 Å². The van der Waals surface area contributed by atoms with Gasteiger partial charge in [-0.05, 0) is 53.9 Å². The van der Waals surface area contributed by atoms with Gasteiger partial charge in [0, 0.05) is 16.5 Å². The molecule has 0 aliphatic heterocycles. The Labute approximate surface area is 237 Å². The predicted octanol–water partition coefficient (Wildman–Crippen LogP) is 7.14. The number of ether oxygens (including phenoxy) is 4. The summed E-state index contributed by atoms with van der Waals surface area (Å²) in [4.78, 5) is 5.79. The molecule has 1 heterocycles. The highest BCUT2D eigenvalue weighted by Crippen LogP contribution is 2.41. The largest absolute Gasteiger partial charge is 0.496 e. The number of rotatable bonds is 8. The summed E-state index contributed by atoms with van der Waals surface area (Å²) < 4.78 is 24.4. The predicted molar refractivity (Wildman–Crippen MR) is 162 cm³/mol. The quantitative estimate of drug-likeness (QED) is 0.192. The van der Waals surface area contributed by atoms with Crippen molar-refractivity contribution in [2.75, 3.05) is 28.4 Å². The summed E-state index contributed by atoms with van der Waals surface area (Å²) in [6.07, 6.45) is 1.83. The zero-order valence-electron chi connectivity index (χ0n) is 23.4. The Morgan fingerprint density at radius 3 is 2.08 bits per heavy atom. The van der Waals surface area contributed by atoms with Gasteiger partial charge >= 0.3 is 0 Å². The van der Waals surface area contributed by atoms with Crippen LogP contribution in [0.1, 0.15) is 16.7 Å². The molecule has 8 heteroatoms. The Morgan fingerprint density at radius 2 is 1.43 bits per heavy atom. The minimum absolute atomic E-state index is 0.528. The minimum atomic E-state index is 0.528. The second-order valence-electron chi connectivity index (χ2n) is 9.13. The van der Waals surface area contributed by atoms with Crippen LogP contribution in [0.5, 0.6) is 23.0 Å². The highest BCUT2D eigenvalue weighted by Gasteiger charge is 2.17. The van der Waals surface area contributed by atoms with Crippen molar-refractivity contribution in [3.05, 3.63) is 93.6 Å². The molecule has 4 aromatic carbocycles. The van der Waals surface area contributed by atoms with E-state index in [2.05, 4.69) is 38.1 Å². The molecule has 5 aromatic rings. The molecular weight excluding hydrogens is 522 g/mol. The normalized spacial score (nSPS) is 11.8. The average Bonchev–Trinajstić information content (AvgIpc) is 3.39. The third kappa shape index (κ3) is 5.05. The second kappa shape index (κ2) is 11.7. The number of methoxy groups -OCH3 is 4. The third-order valence-electron chi connectivity index (χ3n) is 6.75. The van der Waals surface area contributed by atoms with Crippen molar-refractivity contribution in [1.29, 1.82) is 0 Å². The third-order valence-corrected chi connectivity index (χ3v) is 7.56. The molecule has 0 amide bonds. The summed E-state index contributed by atoms with van der Waals surface area (Å²) in [7, 11) is 6.47. The topological polar surface area (TPSA) is 66.6 Å². The first-order chi connectivity index (χ1) is 19.5. The fraction of sp³-hybridized carbons (Fsp3) is 0.188. The lowest BCUT2D eigenvalue weighted by Gasteiger charge is -2.14. The van der Waals surface area contributed by atoms with Gasteiger partial charge < -0.3 is 18.9 Å². The van der Waals surface area contributed by atoms with Gasteiger partial charge in [0.05, 0.1) is 46.0 Å². The zero-order chi connectivity index (χ0) is 28.2. The number of fused-ring (bicyclic) bond motifs is 1. The number of hydrogen-bond donors (Lipinski definition) is 0. The highest BCUT2D eigenvalue weighted by atomic mass is 32.1. The number of hydrogen-bond acceptors (Lipinski definition) is 7. The van der Waals surface area contributed by atoms with E-state index in [1.165, 1.54) is 11.3 Å². The molecule has 0 fully saturated rings. The van der Waals surface area contributed by atoms with Crippen molar-refractivity contribution < 1.29 is 18.9 Å². The summed E-state index contributed by atoms with van der Waals surface area (Å²) in [6, 6.07) is 22.2. The van der Waals surface area contributed by atoms with Crippen LogP contribution in [0.4, 0.5) is 5.69 Å². The second-order valence-corrected chi connectivity index (χ2v) is 9.97. The van der Waals surface area contributed by atoms with E-state index in [0.717, 1.165) is 55.0 Å². The maximum absolute atomic E-state index is 5.71. The van der Waals surface area contributed by atoms with Gasteiger partial charge in [-0.1, -0.05) is 48.5 Å². The number of thiazole rings is 1. The Kier molecular flexibility index (Phi) is 7.89. The first kappa shape index (κ1) is 27.0. The number of aryl methyl sites for hydroxylation is 2. The zero-order valence-corrected chi connectivity index (χ0v) is 24.2. The molecule has 7 nitrogen and oxygen atoms in total. The van der Waals surface area contributed by atoms with Gasteiger partial charge in [-0.25, -0.2) is 9.67 Å². The van der Waals surface area contributed by atoms with Crippen LogP contribution in [0.25, 0.3) is 22.0 Å². The molecule has 0 atom stereocenters. The van der Waals surface area contributed by atoms with Gasteiger partial charge in [0.15, 0.2) is 11.5 Å². The lowest BCUT2D eigenvalue weighted by atomic mass is 10.0. The van der Waals surface area contributed by atoms with E-state index in [4.69, 9.17) is 29.0 Å². The number of aromatic nitrogens is 1. The average molecular weight is 554 g/mol. The highest BCUT2D eigenvalue weighted by molar-refractivity contribution is 7.07. The van der Waals surface area contributed by atoms with E-state index in [0.29, 0.717) is 17.2 Å². The van der Waals surface area contributed by atoms with Crippen molar-refractivity contribution in [2.24, 2.45) is 10.1 Å². The van der Waals surface area contributed by atoms with Crippen LogP contribution in [0.15, 0.2) is 82.2 Å². The van der Waals surface area contributed by atoms with E-state index in [9.17, 15) is 0 Å². The van der Waals surface area contributed by atoms with Crippen LogP contribution in [0.3, 0.4) is 0 Å². The standard InChI is InChI=1S/C32H31N3O4S/c1-20-10-9-11-21(2)30(20)34-32-35(33-18-25-24-13-8-7-12-22(24)14-15-27(25)36-3)26(19-40-32)23-16-28(37-4)31(39-6)29(17-23)38-5/h7-19H,1-6H3/b33-18-,34-32?. The van der Waals surface area contributed by atoms with Crippen LogP contribution in [-0.2, 0) is 0 Å². The van der Waals surface area contributed by atoms with E-state index >= 15 is 0 Å². The summed E-state index contributed by atoms with van der Waals surface area (Å²) in [5, 5.41) is 9.18. The van der Waals surface area contributed by atoms with Crippen molar-refractivity contribution in [3.63, 3.8) is 0 Å². The molecule has 0 aliphatic rings. The van der Waals surface area contributed by atoms with E-state index in [1.54, 1.807) is 28.4 Å². The lowest BCUT2D eigenvalue weighted by molar-refractivity contribution is 0.324. The van der Waals surface area contributed by atoms with E-state index in [-0.39, 0.29) is 0 Å². The Bertz CT molecular complexity index is 1740. The van der Waals surface area contributed by atoms with Gasteiger partial charge in [0.1, 0.15) is 5.75 Å². The first-order valence-corrected chi connectivity index (χ1v) is 13.6. The maximum Gasteiger partial charge on any atom is 0.211 e. The van der Waals surface area contributed by atoms with Crippen molar-refractivity contribution in [2.45, 2.75) is 13.8 Å². The molecule has 0 aliphatic carbocycles. The van der Waals surface area contributed by atoms with Crippen LogP contribution >= 0.6 is 11.3 Å². The molecular formula is C32H31N3O4S. The number of benzene rings is 4. The van der Waals surface area contributed by atoms with Crippen LogP contribution in [0, 0.1) is 13.8 Å². The summed E-state index contributed by atoms with van der Waals surface area (Å²) in [6.45, 7) is 4.13. The monoisotopic (exact) mass is 553 g/mol. The molecule has 0 saturated heterocycles. The summed E-state index contributed by atoms with van der Waals surface area (Å²) in [5.74, 6) is 2.38. The summed E-state index contributed by atoms with van der Waals surface area (Å²) >= 11 is 1.51. The molecule has 0 unspecified atom stereocenters. The molecule has 5 rings (SSSR count). The van der Waals surface area contributed by atoms with Gasteiger partial charge in [-0.15, -0.1) is 11.3 Å². The van der Waals surface area contributed by atoms with Gasteiger partial charge in [-0.2, -0.15) is 5.10 Å². The van der Waals surface area contributed by atoms with Gasteiger partial charge in [-0.3, -0.25) is 0 Å². The van der Waals surface area contributed by atoms with Gasteiger partial charge in [0.2, 0.25) is 10.6 Å². The van der Waals surface area contributed by atoms with Crippen LogP contribution in [0.2, 0.25) is 0 Å². The lowest BCUT2D eigenvalue weighted by Crippen LogP contribution is -2.12. The molecule has 0 radical (unpaired) electrons. The Morgan fingerprint density at radius 1 is 0.750 bits per heavy atom. The SMILES string of the molecule is COc1cc(-c2csc(=Nc3c(C)cccc3C)n2/N=C\c2c(OC)ccc3ccccc23)cc(OC)c1OC. The molecule has 0 saturated carbocycles. The smallest absolute Gasteiger partial charge is 0.211 e. The maximum atomic E-state index is 5.71. The number of nitrogens with zero attached hydrogens (tertiary/aromatic N) is 3. The molecule has 40 heavy (non-hydrogen) atoms. The number of para-hydroxylation sites is 1. The molecule has 0 N–H and O–H groups in total. The van der Waals surface area contributed by atoms with Crippen LogP contribution in [-0.4, -0.2) is 39.3 Å². The minimum Gasteiger partial charge on any atom is -0.496 e. The van der Waals surface area contributed by atoms with E-state index in [1.807, 2.05) is 58.7 Å². The summed E-state index contributed by atoms with van der Waals surface area (Å²) in [5.41, 5.74) is 5.66. The Hall–Kier alpha value is -4.56. The van der Waals surface area contributed by atoms with E-state index < -0.39 is 0 Å². The van der Waals surface area contributed by atoms with Crippen molar-refractivity contribution >= 4 is 34.0 Å². The fourth-order valence-electron chi connectivity index (χ4n) is 4.70. The first-order valence-electron chi connectivity index (χ1n) is 12.7. The van der Waals surface area contributed by atoms with Crippen molar-refractivity contribution in [1.82, 2.24) is 4.68 Å². The molecule has 1 aromatic heterocycles.